The van der Waals surface area contributed by atoms with Gasteiger partial charge >= 0.3 is 37.7 Å². The predicted octanol–water partition coefficient (Wildman–Crippen LogP) is 8.53. The van der Waals surface area contributed by atoms with E-state index >= 15 is 0 Å². The molecule has 51 heavy (non-hydrogen) atoms. The molecule has 0 unspecified atom stereocenters. The van der Waals surface area contributed by atoms with Crippen molar-refractivity contribution in [3.05, 3.63) is 96.1 Å². The van der Waals surface area contributed by atoms with E-state index < -0.39 is 41.5 Å². The van der Waals surface area contributed by atoms with Crippen LogP contribution in [0, 0.1) is 0 Å². The van der Waals surface area contributed by atoms with Crippen molar-refractivity contribution in [1.82, 2.24) is 0 Å². The third-order valence-electron chi connectivity index (χ3n) is 7.84. The van der Waals surface area contributed by atoms with Crippen LogP contribution in [0.1, 0.15) is 89.2 Å². The second-order valence-corrected chi connectivity index (χ2v) is 14.7. The van der Waals surface area contributed by atoms with E-state index in [1.165, 1.54) is 75.6 Å². The van der Waals surface area contributed by atoms with E-state index in [1.807, 2.05) is 36.4 Å². The fraction of sp³-hybridized carbons (Fsp3) is 0.368. The maximum atomic E-state index is 12.1. The fourth-order valence-corrected chi connectivity index (χ4v) is 6.38. The summed E-state index contributed by atoms with van der Waals surface area (Å²) in [6.07, 6.45) is 13.8. The molecule has 0 aliphatic carbocycles. The van der Waals surface area contributed by atoms with E-state index in [0.717, 1.165) is 48.9 Å². The average molecular weight is 767 g/mol. The van der Waals surface area contributed by atoms with Crippen molar-refractivity contribution < 1.29 is 45.6 Å². The van der Waals surface area contributed by atoms with Crippen LogP contribution in [0.15, 0.2) is 94.7 Å². The van der Waals surface area contributed by atoms with Gasteiger partial charge in [0.25, 0.3) is 10.1 Å². The van der Waals surface area contributed by atoms with Crippen LogP contribution in [0.25, 0.3) is 0 Å². The molecule has 4 rings (SSSR count). The molecule has 10 nitrogen and oxygen atoms in total. The summed E-state index contributed by atoms with van der Waals surface area (Å²) < 4.78 is 76.0. The van der Waals surface area contributed by atoms with Crippen LogP contribution in [-0.4, -0.2) is 68.8 Å². The van der Waals surface area contributed by atoms with Gasteiger partial charge in [0.2, 0.25) is 0 Å². The zero-order chi connectivity index (χ0) is 36.6. The summed E-state index contributed by atoms with van der Waals surface area (Å²) >= 11 is 0. The Kier molecular flexibility index (Phi) is 19.4. The first-order valence-electron chi connectivity index (χ1n) is 16.9. The van der Waals surface area contributed by atoms with Gasteiger partial charge in [0, 0.05) is 0 Å². The van der Waals surface area contributed by atoms with Crippen molar-refractivity contribution >= 4 is 58.0 Å². The Morgan fingerprint density at radius 2 is 1.04 bits per heavy atom. The Hall–Kier alpha value is -2.84. The van der Waals surface area contributed by atoms with E-state index in [2.05, 4.69) is 13.8 Å². The van der Waals surface area contributed by atoms with Crippen LogP contribution in [0.5, 0.6) is 34.5 Å². The molecule has 0 spiro atoms. The van der Waals surface area contributed by atoms with Gasteiger partial charge in [-0.05, 0) is 91.1 Å². The van der Waals surface area contributed by atoms with Crippen molar-refractivity contribution in [3.63, 3.8) is 0 Å². The first kappa shape index (κ1) is 44.3. The molecule has 0 saturated carbocycles. The Balaban J connectivity index is 0.000000347. The molecule has 0 heterocycles. The SMILES string of the molecule is CCCCCCCc1cccc(Oc2cccc(S(=O)(=O)O)c2O)c1.CCCCCCCc1cccc(Oc2cccc(S(=O)(=O)[O-])c2[O-])c1.[Ca+2]. The standard InChI is InChI=1S/2C19H24O5S.Ca/c2*1-2-3-4-5-6-9-15-10-7-11-16(14-15)24-17-12-8-13-18(19(17)20)25(21,22)23;/h2*7-8,10-14,20H,2-6,9H2,1H3,(H,21,22,23);/q;;+2/p-2. The van der Waals surface area contributed by atoms with Crippen molar-refractivity contribution in [1.29, 1.82) is 0 Å². The normalized spacial score (nSPS) is 11.2. The average Bonchev–Trinajstić information content (AvgIpc) is 3.06. The number of benzene rings is 4. The van der Waals surface area contributed by atoms with Gasteiger partial charge in [-0.2, -0.15) is 8.42 Å². The summed E-state index contributed by atoms with van der Waals surface area (Å²) in [5.74, 6) is -0.748. The van der Waals surface area contributed by atoms with Crippen LogP contribution >= 0.6 is 0 Å². The van der Waals surface area contributed by atoms with Crippen LogP contribution < -0.4 is 14.6 Å². The number of phenolic OH excluding ortho intramolecular Hbond substituents is 1. The third kappa shape index (κ3) is 15.3. The zero-order valence-corrected chi connectivity index (χ0v) is 33.1. The largest absolute Gasteiger partial charge is 2.00 e. The van der Waals surface area contributed by atoms with Crippen LogP contribution in [0.2, 0.25) is 0 Å². The van der Waals surface area contributed by atoms with Gasteiger partial charge in [0.1, 0.15) is 32.3 Å². The summed E-state index contributed by atoms with van der Waals surface area (Å²) in [4.78, 5) is -1.37. The van der Waals surface area contributed by atoms with Gasteiger partial charge in [-0.3, -0.25) is 4.55 Å². The van der Waals surface area contributed by atoms with E-state index in [1.54, 1.807) is 12.1 Å². The first-order chi connectivity index (χ1) is 23.8. The molecule has 2 N–H and O–H groups in total. The van der Waals surface area contributed by atoms with E-state index in [-0.39, 0.29) is 49.2 Å². The molecular formula is C38H46CaO10S2. The minimum atomic E-state index is -4.82. The zero-order valence-electron chi connectivity index (χ0n) is 29.3. The molecule has 0 amide bonds. The Bertz CT molecular complexity index is 1740. The summed E-state index contributed by atoms with van der Waals surface area (Å²) in [6.45, 7) is 4.37. The number of phenols is 1. The Morgan fingerprint density at radius 3 is 1.51 bits per heavy atom. The minimum Gasteiger partial charge on any atom is -0.869 e. The van der Waals surface area contributed by atoms with Gasteiger partial charge in [0.05, 0.1) is 4.90 Å². The number of para-hydroxylation sites is 2. The number of aryl methyl sites for hydroxylation is 2. The van der Waals surface area contributed by atoms with Gasteiger partial charge in [-0.1, -0.05) is 102 Å². The summed E-state index contributed by atoms with van der Waals surface area (Å²) in [5, 5.41) is 22.1. The molecular weight excluding hydrogens is 721 g/mol. The molecule has 0 aromatic heterocycles. The van der Waals surface area contributed by atoms with Crippen molar-refractivity contribution in [2.75, 3.05) is 0 Å². The Morgan fingerprint density at radius 1 is 0.608 bits per heavy atom. The van der Waals surface area contributed by atoms with Crippen molar-refractivity contribution in [2.45, 2.75) is 101 Å². The molecule has 4 aromatic rings. The van der Waals surface area contributed by atoms with Crippen LogP contribution in [-0.2, 0) is 33.1 Å². The molecule has 4 aromatic carbocycles. The monoisotopic (exact) mass is 766 g/mol. The molecule has 13 heteroatoms. The molecule has 0 bridgehead atoms. The van der Waals surface area contributed by atoms with Crippen molar-refractivity contribution in [2.24, 2.45) is 0 Å². The smallest absolute Gasteiger partial charge is 0.869 e. The number of hydrogen-bond donors (Lipinski definition) is 2. The third-order valence-corrected chi connectivity index (χ3v) is 9.59. The molecule has 0 radical (unpaired) electrons. The molecule has 272 valence electrons. The second-order valence-electron chi connectivity index (χ2n) is 11.9. The number of unbranched alkanes of at least 4 members (excludes halogenated alkanes) is 8. The van der Waals surface area contributed by atoms with Gasteiger partial charge < -0.3 is 24.2 Å². The number of rotatable bonds is 18. The molecule has 0 saturated heterocycles. The molecule has 0 fully saturated rings. The second kappa shape index (κ2) is 22.3. The minimum absolute atomic E-state index is 0. The summed E-state index contributed by atoms with van der Waals surface area (Å²) in [5.41, 5.74) is 2.22. The predicted molar refractivity (Wildman–Crippen MR) is 195 cm³/mol. The molecule has 0 atom stereocenters. The van der Waals surface area contributed by atoms with E-state index in [4.69, 9.17) is 14.0 Å². The van der Waals surface area contributed by atoms with Crippen LogP contribution in [0.3, 0.4) is 0 Å². The topological polar surface area (TPSA) is 173 Å². The first-order valence-corrected chi connectivity index (χ1v) is 19.8. The number of aromatic hydroxyl groups is 1. The maximum absolute atomic E-state index is 12.1. The maximum Gasteiger partial charge on any atom is 2.00 e. The quantitative estimate of drug-likeness (QED) is 0.0568. The number of ether oxygens (including phenoxy) is 2. The van der Waals surface area contributed by atoms with Gasteiger partial charge in [-0.15, -0.1) is 0 Å². The van der Waals surface area contributed by atoms with Crippen LogP contribution in [0.4, 0.5) is 0 Å². The summed E-state index contributed by atoms with van der Waals surface area (Å²) in [6, 6.07) is 22.5. The van der Waals surface area contributed by atoms with E-state index in [9.17, 15) is 31.6 Å². The molecule has 0 aliphatic rings. The van der Waals surface area contributed by atoms with Crippen molar-refractivity contribution in [3.8, 4) is 34.5 Å². The summed E-state index contributed by atoms with van der Waals surface area (Å²) in [7, 11) is -9.32. The molecule has 0 aliphatic heterocycles. The Labute approximate surface area is 332 Å². The van der Waals surface area contributed by atoms with E-state index in [0.29, 0.717) is 11.5 Å². The number of hydrogen-bond acceptors (Lipinski definition) is 9. The fourth-order valence-electron chi connectivity index (χ4n) is 5.21. The van der Waals surface area contributed by atoms with Gasteiger partial charge in [-0.25, -0.2) is 8.42 Å². The van der Waals surface area contributed by atoms with Gasteiger partial charge in [0.15, 0.2) is 11.5 Å².